The molecule has 6 nitrogen and oxygen atoms in total. The fraction of sp³-hybridized carbons (Fsp3) is 0.792. The van der Waals surface area contributed by atoms with Crippen molar-refractivity contribution >= 4 is 17.7 Å². The largest absolute Gasteiger partial charge is 0.462 e. The second-order valence-electron chi connectivity index (χ2n) is 10.8. The number of epoxide rings is 1. The number of ether oxygens (including phenoxy) is 3. The van der Waals surface area contributed by atoms with Crippen LogP contribution in [0.3, 0.4) is 0 Å². The predicted molar refractivity (Wildman–Crippen MR) is 109 cm³/mol. The molecule has 0 aromatic rings. The van der Waals surface area contributed by atoms with Gasteiger partial charge in [0.15, 0.2) is 5.60 Å². The van der Waals surface area contributed by atoms with Crippen molar-refractivity contribution in [3.05, 3.63) is 11.6 Å². The first-order valence-electron chi connectivity index (χ1n) is 11.1. The minimum Gasteiger partial charge on any atom is -0.462 e. The van der Waals surface area contributed by atoms with E-state index in [9.17, 15) is 14.4 Å². The Bertz CT molecular complexity index is 828. The Kier molecular flexibility index (Phi) is 4.78. The summed E-state index contributed by atoms with van der Waals surface area (Å²) in [5.74, 6) is -0.877. The molecule has 2 saturated carbocycles. The maximum atomic E-state index is 13.9. The van der Waals surface area contributed by atoms with Crippen LogP contribution in [0.2, 0.25) is 0 Å². The van der Waals surface area contributed by atoms with Crippen LogP contribution in [0.4, 0.5) is 0 Å². The van der Waals surface area contributed by atoms with E-state index in [0.717, 1.165) is 12.8 Å². The zero-order valence-corrected chi connectivity index (χ0v) is 19.1. The van der Waals surface area contributed by atoms with Crippen LogP contribution in [-0.2, 0) is 28.6 Å². The number of allylic oxidation sites excluding steroid dienone is 1. The van der Waals surface area contributed by atoms with Gasteiger partial charge in [0, 0.05) is 20.3 Å². The highest BCUT2D eigenvalue weighted by molar-refractivity contribution is 6.03. The highest BCUT2D eigenvalue weighted by atomic mass is 16.6. The van der Waals surface area contributed by atoms with Crippen molar-refractivity contribution in [2.75, 3.05) is 0 Å². The molecule has 0 spiro atoms. The maximum Gasteiger partial charge on any atom is 0.303 e. The Morgan fingerprint density at radius 2 is 1.83 bits per heavy atom. The number of rotatable bonds is 2. The summed E-state index contributed by atoms with van der Waals surface area (Å²) >= 11 is 0. The van der Waals surface area contributed by atoms with Crippen LogP contribution < -0.4 is 0 Å². The number of Topliss-reactive ketones (excluding diaryl/α,β-unsaturated/α-hetero) is 1. The van der Waals surface area contributed by atoms with E-state index < -0.39 is 35.2 Å². The first-order valence-corrected chi connectivity index (χ1v) is 11.1. The van der Waals surface area contributed by atoms with E-state index in [0.29, 0.717) is 23.8 Å². The van der Waals surface area contributed by atoms with Crippen LogP contribution >= 0.6 is 0 Å². The van der Waals surface area contributed by atoms with Crippen LogP contribution in [0.5, 0.6) is 0 Å². The van der Waals surface area contributed by atoms with Crippen molar-refractivity contribution in [3.8, 4) is 0 Å². The molecule has 0 amide bonds. The Balaban J connectivity index is 1.83. The van der Waals surface area contributed by atoms with Crippen LogP contribution in [-0.4, -0.2) is 41.1 Å². The lowest BCUT2D eigenvalue weighted by atomic mass is 9.77. The zero-order valence-electron chi connectivity index (χ0n) is 19.1. The Labute approximate surface area is 178 Å². The number of esters is 2. The first kappa shape index (κ1) is 21.5. The van der Waals surface area contributed by atoms with E-state index in [2.05, 4.69) is 26.8 Å². The van der Waals surface area contributed by atoms with Crippen molar-refractivity contribution < 1.29 is 28.6 Å². The van der Waals surface area contributed by atoms with Gasteiger partial charge in [0.1, 0.15) is 6.10 Å². The fourth-order valence-electron chi connectivity index (χ4n) is 6.50. The lowest BCUT2D eigenvalue weighted by molar-refractivity contribution is -0.173. The van der Waals surface area contributed by atoms with Gasteiger partial charge >= 0.3 is 11.9 Å². The number of ketones is 1. The SMILES string of the molecule is CC(=O)O[C@@H]1[C@@H]2[C@H]3O[C@]3(C)CC[C@H]3[C@@H](/C=C(\C)C(=O)[C@@]2(OC(C)=O)C[C@@H]1C)C3(C)C. The Hall–Kier alpha value is -1.69. The molecule has 3 aliphatic carbocycles. The topological polar surface area (TPSA) is 82.2 Å². The lowest BCUT2D eigenvalue weighted by Gasteiger charge is -2.35. The lowest BCUT2D eigenvalue weighted by Crippen LogP contribution is -2.52. The highest BCUT2D eigenvalue weighted by Gasteiger charge is 2.72. The van der Waals surface area contributed by atoms with E-state index in [1.807, 2.05) is 13.8 Å². The quantitative estimate of drug-likeness (QED) is 0.503. The third-order valence-electron chi connectivity index (χ3n) is 8.24. The summed E-state index contributed by atoms with van der Waals surface area (Å²) in [4.78, 5) is 38.0. The molecule has 0 radical (unpaired) electrons. The minimum atomic E-state index is -1.37. The number of hydrogen-bond donors (Lipinski definition) is 0. The van der Waals surface area contributed by atoms with Gasteiger partial charge in [-0.2, -0.15) is 0 Å². The van der Waals surface area contributed by atoms with Crippen molar-refractivity contribution in [1.82, 2.24) is 0 Å². The molecule has 0 aromatic heterocycles. The zero-order chi connectivity index (χ0) is 22.2. The summed E-state index contributed by atoms with van der Waals surface area (Å²) in [6, 6.07) is 0. The first-order chi connectivity index (χ1) is 13.8. The molecule has 0 aromatic carbocycles. The molecule has 6 heteroatoms. The van der Waals surface area contributed by atoms with Crippen molar-refractivity contribution in [2.24, 2.45) is 29.1 Å². The third-order valence-corrected chi connectivity index (χ3v) is 8.24. The summed E-state index contributed by atoms with van der Waals surface area (Å²) in [5, 5.41) is 0. The summed E-state index contributed by atoms with van der Waals surface area (Å²) in [7, 11) is 0. The van der Waals surface area contributed by atoms with Crippen molar-refractivity contribution in [1.29, 1.82) is 0 Å². The van der Waals surface area contributed by atoms with Gasteiger partial charge < -0.3 is 14.2 Å². The van der Waals surface area contributed by atoms with Gasteiger partial charge in [0.25, 0.3) is 0 Å². The molecule has 0 N–H and O–H groups in total. The molecule has 0 unspecified atom stereocenters. The molecule has 4 rings (SSSR count). The van der Waals surface area contributed by atoms with E-state index in [1.165, 1.54) is 13.8 Å². The van der Waals surface area contributed by atoms with Gasteiger partial charge in [-0.05, 0) is 55.4 Å². The van der Waals surface area contributed by atoms with E-state index in [4.69, 9.17) is 14.2 Å². The second-order valence-corrected chi connectivity index (χ2v) is 10.8. The van der Waals surface area contributed by atoms with Gasteiger partial charge in [-0.3, -0.25) is 14.4 Å². The average molecular weight is 419 g/mol. The average Bonchev–Trinajstić information content (AvgIpc) is 3.38. The van der Waals surface area contributed by atoms with Crippen LogP contribution in [0.15, 0.2) is 11.6 Å². The summed E-state index contributed by atoms with van der Waals surface area (Å²) in [5.41, 5.74) is -0.992. The summed E-state index contributed by atoms with van der Waals surface area (Å²) < 4.78 is 17.8. The molecular formula is C24H34O6. The smallest absolute Gasteiger partial charge is 0.303 e. The molecular weight excluding hydrogens is 384 g/mol. The monoisotopic (exact) mass is 418 g/mol. The maximum absolute atomic E-state index is 13.9. The molecule has 8 atom stereocenters. The van der Waals surface area contributed by atoms with E-state index >= 15 is 0 Å². The molecule has 1 aliphatic heterocycles. The van der Waals surface area contributed by atoms with Crippen molar-refractivity contribution in [2.45, 2.75) is 91.1 Å². The molecule has 0 bridgehead atoms. The molecule has 166 valence electrons. The number of hydrogen-bond acceptors (Lipinski definition) is 6. The Morgan fingerprint density at radius 1 is 1.17 bits per heavy atom. The van der Waals surface area contributed by atoms with Gasteiger partial charge in [-0.1, -0.05) is 26.8 Å². The van der Waals surface area contributed by atoms with Crippen LogP contribution in [0.25, 0.3) is 0 Å². The second kappa shape index (κ2) is 6.65. The van der Waals surface area contributed by atoms with Gasteiger partial charge in [0.2, 0.25) is 5.78 Å². The van der Waals surface area contributed by atoms with Crippen LogP contribution in [0, 0.1) is 29.1 Å². The Morgan fingerprint density at radius 3 is 2.43 bits per heavy atom. The predicted octanol–water partition coefficient (Wildman–Crippen LogP) is 3.61. The standard InChI is InChI=1S/C24H34O6/c1-12-10-17-16(22(17,5)6)8-9-23(7)21(30-23)18-19(28-14(3)25)13(2)11-24(18,20(12)27)29-15(4)26/h10,13,16-19,21H,8-9,11H2,1-7H3/b12-10+/t13-,16-,17+,18+,19-,21+,23+,24+/m0/s1. The normalized spacial score (nSPS) is 48.1. The van der Waals surface area contributed by atoms with Gasteiger partial charge in [-0.25, -0.2) is 0 Å². The van der Waals surface area contributed by atoms with E-state index in [-0.39, 0.29) is 23.2 Å². The van der Waals surface area contributed by atoms with Crippen molar-refractivity contribution in [3.63, 3.8) is 0 Å². The summed E-state index contributed by atoms with van der Waals surface area (Å²) in [6.45, 7) is 13.0. The molecule has 1 saturated heterocycles. The number of carbonyl (C=O) groups is 3. The number of fused-ring (bicyclic) bond motifs is 4. The molecule has 30 heavy (non-hydrogen) atoms. The third kappa shape index (κ3) is 3.14. The fourth-order valence-corrected chi connectivity index (χ4v) is 6.50. The molecule has 1 heterocycles. The van der Waals surface area contributed by atoms with Crippen LogP contribution in [0.1, 0.15) is 67.7 Å². The van der Waals surface area contributed by atoms with E-state index in [1.54, 1.807) is 0 Å². The van der Waals surface area contributed by atoms with Gasteiger partial charge in [-0.15, -0.1) is 0 Å². The highest BCUT2D eigenvalue weighted by Crippen LogP contribution is 2.64. The molecule has 4 aliphatic rings. The minimum absolute atomic E-state index is 0.128. The molecule has 3 fully saturated rings. The van der Waals surface area contributed by atoms with Gasteiger partial charge in [0.05, 0.1) is 17.6 Å². The number of carbonyl (C=O) groups excluding carboxylic acids is 3. The summed E-state index contributed by atoms with van der Waals surface area (Å²) in [6.07, 6.45) is 3.48.